The van der Waals surface area contributed by atoms with Crippen LogP contribution in [0.2, 0.25) is 0 Å². The fourth-order valence-corrected chi connectivity index (χ4v) is 2.62. The van der Waals surface area contributed by atoms with Gasteiger partial charge < -0.3 is 19.2 Å². The summed E-state index contributed by atoms with van der Waals surface area (Å²) in [5.41, 5.74) is 0.568. The molecule has 0 spiro atoms. The van der Waals surface area contributed by atoms with E-state index in [0.717, 1.165) is 0 Å². The average Bonchev–Trinajstić information content (AvgIpc) is 3.30. The van der Waals surface area contributed by atoms with Crippen molar-refractivity contribution in [3.63, 3.8) is 0 Å². The molecule has 3 rings (SSSR count). The van der Waals surface area contributed by atoms with Gasteiger partial charge in [0.2, 0.25) is 0 Å². The van der Waals surface area contributed by atoms with Gasteiger partial charge in [0.15, 0.2) is 11.5 Å². The minimum Gasteiger partial charge on any atom is -0.493 e. The molecule has 2 aromatic rings. The predicted octanol–water partition coefficient (Wildman–Crippen LogP) is 2.45. The molecule has 1 aromatic heterocycles. The number of anilines is 1. The van der Waals surface area contributed by atoms with Crippen LogP contribution in [-0.4, -0.2) is 44.3 Å². The fraction of sp³-hybridized carbons (Fsp3) is 0.294. The molecular weight excluding hydrogens is 326 g/mol. The van der Waals surface area contributed by atoms with Gasteiger partial charge in [-0.05, 0) is 24.3 Å². The van der Waals surface area contributed by atoms with Crippen LogP contribution in [0.25, 0.3) is 0 Å². The third kappa shape index (κ3) is 3.37. The van der Waals surface area contributed by atoms with Crippen LogP contribution in [0.3, 0.4) is 0 Å². The number of urea groups is 2. The fourth-order valence-electron chi connectivity index (χ4n) is 2.62. The molecule has 4 amide bonds. The number of carbonyl (C=O) groups is 2. The van der Waals surface area contributed by atoms with Gasteiger partial charge in [-0.3, -0.25) is 4.90 Å². The van der Waals surface area contributed by atoms with Crippen LogP contribution in [0.15, 0.2) is 41.0 Å². The molecular formula is C17H19N3O5. The highest BCUT2D eigenvalue weighted by molar-refractivity contribution is 6.03. The van der Waals surface area contributed by atoms with E-state index in [1.807, 2.05) is 0 Å². The Balaban J connectivity index is 1.95. The molecule has 0 saturated carbocycles. The Morgan fingerprint density at radius 2 is 2.08 bits per heavy atom. The minimum absolute atomic E-state index is 0.186. The van der Waals surface area contributed by atoms with E-state index in [-0.39, 0.29) is 6.54 Å². The summed E-state index contributed by atoms with van der Waals surface area (Å²) in [5.74, 6) is 1.64. The van der Waals surface area contributed by atoms with Gasteiger partial charge >= 0.3 is 12.1 Å². The second-order valence-corrected chi connectivity index (χ2v) is 5.37. The molecule has 1 fully saturated rings. The smallest absolute Gasteiger partial charge is 0.333 e. The van der Waals surface area contributed by atoms with E-state index in [1.54, 1.807) is 30.3 Å². The van der Waals surface area contributed by atoms with Crippen molar-refractivity contribution >= 4 is 17.7 Å². The van der Waals surface area contributed by atoms with Crippen LogP contribution in [0.1, 0.15) is 5.76 Å². The van der Waals surface area contributed by atoms with Crippen molar-refractivity contribution in [1.29, 1.82) is 0 Å². The maximum atomic E-state index is 12.9. The summed E-state index contributed by atoms with van der Waals surface area (Å²) >= 11 is 0. The molecule has 1 N–H and O–H groups in total. The Morgan fingerprint density at radius 1 is 1.28 bits per heavy atom. The Bertz CT molecular complexity index is 760. The minimum atomic E-state index is -0.432. The second-order valence-electron chi connectivity index (χ2n) is 5.37. The highest BCUT2D eigenvalue weighted by Gasteiger charge is 2.31. The number of carbonyl (C=O) groups excluding carboxylic acids is 2. The molecule has 0 atom stereocenters. The zero-order valence-electron chi connectivity index (χ0n) is 14.0. The first-order valence-electron chi connectivity index (χ1n) is 7.75. The first-order valence-corrected chi connectivity index (χ1v) is 7.75. The van der Waals surface area contributed by atoms with E-state index < -0.39 is 12.1 Å². The summed E-state index contributed by atoms with van der Waals surface area (Å²) in [5, 5.41) is 2.63. The quantitative estimate of drug-likeness (QED) is 0.900. The molecule has 25 heavy (non-hydrogen) atoms. The number of amides is 4. The van der Waals surface area contributed by atoms with Crippen molar-refractivity contribution in [2.45, 2.75) is 6.54 Å². The number of methoxy groups -OCH3 is 2. The zero-order chi connectivity index (χ0) is 17.8. The molecule has 0 bridgehead atoms. The number of ether oxygens (including phenoxy) is 2. The maximum Gasteiger partial charge on any atom is 0.333 e. The standard InChI is InChI=1S/C17H19N3O5/c1-23-14-6-5-12(10-15(14)24-2)20(11-13-4-3-9-25-13)17(22)19-8-7-18-16(19)21/h3-6,9-10H,7-8,11H2,1-2H3,(H,18,21). The molecule has 8 nitrogen and oxygen atoms in total. The van der Waals surface area contributed by atoms with E-state index in [2.05, 4.69) is 5.32 Å². The summed E-state index contributed by atoms with van der Waals surface area (Å²) in [6, 6.07) is 7.80. The number of imide groups is 1. The summed E-state index contributed by atoms with van der Waals surface area (Å²) in [7, 11) is 3.06. The number of nitrogens with one attached hydrogen (secondary N) is 1. The highest BCUT2D eigenvalue weighted by atomic mass is 16.5. The van der Waals surface area contributed by atoms with Crippen molar-refractivity contribution in [2.24, 2.45) is 0 Å². The summed E-state index contributed by atoms with van der Waals surface area (Å²) in [4.78, 5) is 27.4. The Morgan fingerprint density at radius 3 is 2.68 bits per heavy atom. The summed E-state index contributed by atoms with van der Waals surface area (Å²) < 4.78 is 15.9. The molecule has 8 heteroatoms. The van der Waals surface area contributed by atoms with Gasteiger partial charge in [-0.15, -0.1) is 0 Å². The van der Waals surface area contributed by atoms with Gasteiger partial charge in [-0.1, -0.05) is 0 Å². The second kappa shape index (κ2) is 7.16. The van der Waals surface area contributed by atoms with Gasteiger partial charge in [0.1, 0.15) is 5.76 Å². The Hall–Kier alpha value is -3.16. The van der Waals surface area contributed by atoms with Gasteiger partial charge in [-0.25, -0.2) is 14.5 Å². The molecule has 2 heterocycles. The van der Waals surface area contributed by atoms with Gasteiger partial charge in [-0.2, -0.15) is 0 Å². The number of rotatable bonds is 5. The number of nitrogens with zero attached hydrogens (tertiary/aromatic N) is 2. The van der Waals surface area contributed by atoms with Gasteiger partial charge in [0, 0.05) is 24.8 Å². The van der Waals surface area contributed by atoms with Gasteiger partial charge in [0.05, 0.1) is 27.0 Å². The molecule has 1 saturated heterocycles. The molecule has 1 aliphatic rings. The first-order chi connectivity index (χ1) is 12.1. The molecule has 0 aliphatic carbocycles. The van der Waals surface area contributed by atoms with Crippen molar-refractivity contribution < 1.29 is 23.5 Å². The van der Waals surface area contributed by atoms with Crippen LogP contribution in [0.5, 0.6) is 11.5 Å². The molecule has 0 radical (unpaired) electrons. The third-order valence-electron chi connectivity index (χ3n) is 3.89. The SMILES string of the molecule is COc1ccc(N(Cc2ccco2)C(=O)N2CCNC2=O)cc1OC. The number of hydrogen-bond donors (Lipinski definition) is 1. The van der Waals surface area contributed by atoms with Crippen LogP contribution in [0.4, 0.5) is 15.3 Å². The zero-order valence-corrected chi connectivity index (χ0v) is 14.0. The summed E-state index contributed by atoms with van der Waals surface area (Å²) in [6.07, 6.45) is 1.54. The van der Waals surface area contributed by atoms with Crippen molar-refractivity contribution in [3.8, 4) is 11.5 Å². The lowest BCUT2D eigenvalue weighted by Gasteiger charge is -2.26. The lowest BCUT2D eigenvalue weighted by molar-refractivity contribution is 0.202. The normalized spacial score (nSPS) is 13.5. The Labute approximate surface area is 144 Å². The monoisotopic (exact) mass is 345 g/mol. The largest absolute Gasteiger partial charge is 0.493 e. The molecule has 1 aliphatic heterocycles. The van der Waals surface area contributed by atoms with Gasteiger partial charge in [0.25, 0.3) is 0 Å². The maximum absolute atomic E-state index is 12.9. The Kier molecular flexibility index (Phi) is 4.78. The number of furan rings is 1. The van der Waals surface area contributed by atoms with Crippen LogP contribution < -0.4 is 19.7 Å². The van der Waals surface area contributed by atoms with Crippen molar-refractivity contribution in [1.82, 2.24) is 10.2 Å². The number of hydrogen-bond acceptors (Lipinski definition) is 5. The lowest BCUT2D eigenvalue weighted by atomic mass is 10.2. The van der Waals surface area contributed by atoms with E-state index in [0.29, 0.717) is 36.0 Å². The van der Waals surface area contributed by atoms with Crippen LogP contribution in [-0.2, 0) is 6.54 Å². The van der Waals surface area contributed by atoms with E-state index in [1.165, 1.54) is 30.3 Å². The van der Waals surface area contributed by atoms with E-state index in [4.69, 9.17) is 13.9 Å². The first kappa shape index (κ1) is 16.7. The lowest BCUT2D eigenvalue weighted by Crippen LogP contribution is -2.44. The third-order valence-corrected chi connectivity index (χ3v) is 3.89. The molecule has 132 valence electrons. The summed E-state index contributed by atoms with van der Waals surface area (Å²) in [6.45, 7) is 0.940. The van der Waals surface area contributed by atoms with Crippen molar-refractivity contribution in [2.75, 3.05) is 32.2 Å². The van der Waals surface area contributed by atoms with E-state index in [9.17, 15) is 9.59 Å². The average molecular weight is 345 g/mol. The molecule has 1 aromatic carbocycles. The van der Waals surface area contributed by atoms with Crippen LogP contribution >= 0.6 is 0 Å². The van der Waals surface area contributed by atoms with E-state index >= 15 is 0 Å². The predicted molar refractivity (Wildman–Crippen MR) is 89.9 cm³/mol. The molecule has 0 unspecified atom stereocenters. The van der Waals surface area contributed by atoms with Crippen LogP contribution in [0, 0.1) is 0 Å². The topological polar surface area (TPSA) is 84.3 Å². The highest BCUT2D eigenvalue weighted by Crippen LogP contribution is 2.32. The number of benzene rings is 1. The van der Waals surface area contributed by atoms with Crippen molar-refractivity contribution in [3.05, 3.63) is 42.4 Å².